The van der Waals surface area contributed by atoms with Crippen LogP contribution in [0.2, 0.25) is 0 Å². The van der Waals surface area contributed by atoms with Crippen LogP contribution in [0.15, 0.2) is 42.5 Å². The molecule has 3 rings (SSSR count). The number of fused-ring (bicyclic) bond motifs is 1. The maximum atomic E-state index is 12.4. The number of nitrogens with one attached hydrogen (secondary N) is 2. The van der Waals surface area contributed by atoms with Crippen LogP contribution in [-0.4, -0.2) is 25.2 Å². The van der Waals surface area contributed by atoms with E-state index in [1.54, 1.807) is 42.5 Å². The predicted octanol–water partition coefficient (Wildman–Crippen LogP) is 3.05. The van der Waals surface area contributed by atoms with Crippen molar-refractivity contribution in [3.8, 4) is 11.5 Å². The van der Waals surface area contributed by atoms with E-state index in [4.69, 9.17) is 9.47 Å². The van der Waals surface area contributed by atoms with Crippen LogP contribution in [0.4, 0.5) is 5.69 Å². The smallest absolute Gasteiger partial charge is 0.255 e. The van der Waals surface area contributed by atoms with Gasteiger partial charge in [-0.1, -0.05) is 19.9 Å². The van der Waals surface area contributed by atoms with Crippen LogP contribution in [-0.2, 0) is 0 Å². The van der Waals surface area contributed by atoms with Gasteiger partial charge < -0.3 is 20.1 Å². The molecule has 2 aromatic rings. The van der Waals surface area contributed by atoms with E-state index in [1.165, 1.54) is 0 Å². The first-order chi connectivity index (χ1) is 12.0. The molecule has 6 heteroatoms. The quantitative estimate of drug-likeness (QED) is 0.877. The highest BCUT2D eigenvalue weighted by Gasteiger charge is 2.15. The molecule has 0 saturated heterocycles. The summed E-state index contributed by atoms with van der Waals surface area (Å²) in [6.45, 7) is 4.82. The molecule has 2 aromatic carbocycles. The lowest BCUT2D eigenvalue weighted by Gasteiger charge is -2.09. The zero-order valence-electron chi connectivity index (χ0n) is 14.2. The molecular weight excluding hydrogens is 320 g/mol. The van der Waals surface area contributed by atoms with Gasteiger partial charge >= 0.3 is 0 Å². The largest absolute Gasteiger partial charge is 0.454 e. The molecule has 0 atom stereocenters. The summed E-state index contributed by atoms with van der Waals surface area (Å²) in [5.74, 6) is 1.13. The van der Waals surface area contributed by atoms with Gasteiger partial charge in [0.15, 0.2) is 11.5 Å². The van der Waals surface area contributed by atoms with Crippen molar-refractivity contribution in [2.45, 2.75) is 13.8 Å². The number of hydrogen-bond acceptors (Lipinski definition) is 4. The van der Waals surface area contributed by atoms with Gasteiger partial charge in [0, 0.05) is 29.4 Å². The Balaban J connectivity index is 1.70. The molecule has 2 amide bonds. The van der Waals surface area contributed by atoms with E-state index in [9.17, 15) is 9.59 Å². The average Bonchev–Trinajstić information content (AvgIpc) is 3.07. The second kappa shape index (κ2) is 7.25. The van der Waals surface area contributed by atoms with Crippen molar-refractivity contribution in [3.05, 3.63) is 53.6 Å². The molecule has 1 heterocycles. The Bertz CT molecular complexity index is 802. The molecule has 0 fully saturated rings. The van der Waals surface area contributed by atoms with E-state index < -0.39 is 0 Å². The summed E-state index contributed by atoms with van der Waals surface area (Å²) in [6.07, 6.45) is 0. The van der Waals surface area contributed by atoms with Gasteiger partial charge in [-0.25, -0.2) is 0 Å². The zero-order valence-corrected chi connectivity index (χ0v) is 14.2. The maximum absolute atomic E-state index is 12.4. The molecule has 0 spiro atoms. The molecule has 0 bridgehead atoms. The highest BCUT2D eigenvalue weighted by Crippen LogP contribution is 2.34. The molecule has 130 valence electrons. The van der Waals surface area contributed by atoms with Crippen LogP contribution in [0.5, 0.6) is 11.5 Å². The van der Waals surface area contributed by atoms with Gasteiger partial charge in [-0.3, -0.25) is 9.59 Å². The second-order valence-electron chi connectivity index (χ2n) is 6.21. The predicted molar refractivity (Wildman–Crippen MR) is 94.1 cm³/mol. The number of carbonyl (C=O) groups excluding carboxylic acids is 2. The SMILES string of the molecule is CC(C)CNC(=O)c1cccc(C(=O)Nc2ccc3c(c2)OCO3)c1. The van der Waals surface area contributed by atoms with Crippen molar-refractivity contribution in [1.29, 1.82) is 0 Å². The fourth-order valence-electron chi connectivity index (χ4n) is 2.38. The van der Waals surface area contributed by atoms with E-state index in [0.29, 0.717) is 40.8 Å². The van der Waals surface area contributed by atoms with Gasteiger partial charge in [0.2, 0.25) is 6.79 Å². The summed E-state index contributed by atoms with van der Waals surface area (Å²) in [4.78, 5) is 24.6. The molecule has 2 N–H and O–H groups in total. The lowest BCUT2D eigenvalue weighted by molar-refractivity contribution is 0.0949. The van der Waals surface area contributed by atoms with Crippen molar-refractivity contribution in [2.75, 3.05) is 18.7 Å². The number of hydrogen-bond donors (Lipinski definition) is 2. The number of carbonyl (C=O) groups is 2. The van der Waals surface area contributed by atoms with Gasteiger partial charge in [-0.05, 0) is 36.2 Å². The Kier molecular flexibility index (Phi) is 4.88. The lowest BCUT2D eigenvalue weighted by Crippen LogP contribution is -2.27. The lowest BCUT2D eigenvalue weighted by atomic mass is 10.1. The summed E-state index contributed by atoms with van der Waals surface area (Å²) in [6, 6.07) is 11.8. The zero-order chi connectivity index (χ0) is 17.8. The number of anilines is 1. The van der Waals surface area contributed by atoms with Crippen molar-refractivity contribution in [2.24, 2.45) is 5.92 Å². The van der Waals surface area contributed by atoms with Gasteiger partial charge in [-0.15, -0.1) is 0 Å². The highest BCUT2D eigenvalue weighted by atomic mass is 16.7. The molecule has 0 aromatic heterocycles. The fourth-order valence-corrected chi connectivity index (χ4v) is 2.38. The van der Waals surface area contributed by atoms with E-state index in [-0.39, 0.29) is 18.6 Å². The van der Waals surface area contributed by atoms with E-state index >= 15 is 0 Å². The first-order valence-corrected chi connectivity index (χ1v) is 8.12. The molecule has 0 unspecified atom stereocenters. The minimum atomic E-state index is -0.294. The average molecular weight is 340 g/mol. The van der Waals surface area contributed by atoms with Crippen molar-refractivity contribution >= 4 is 17.5 Å². The van der Waals surface area contributed by atoms with Crippen LogP contribution in [0, 0.1) is 5.92 Å². The van der Waals surface area contributed by atoms with E-state index in [1.807, 2.05) is 13.8 Å². The standard InChI is InChI=1S/C19H20N2O4/c1-12(2)10-20-18(22)13-4-3-5-14(8-13)19(23)21-15-6-7-16-17(9-15)25-11-24-16/h3-9,12H,10-11H2,1-2H3,(H,20,22)(H,21,23). The molecule has 0 aliphatic carbocycles. The molecule has 25 heavy (non-hydrogen) atoms. The van der Waals surface area contributed by atoms with E-state index in [2.05, 4.69) is 10.6 Å². The summed E-state index contributed by atoms with van der Waals surface area (Å²) in [5, 5.41) is 5.64. The Morgan fingerprint density at radius 3 is 2.48 bits per heavy atom. The van der Waals surface area contributed by atoms with Gasteiger partial charge in [0.05, 0.1) is 0 Å². The fraction of sp³-hybridized carbons (Fsp3) is 0.263. The summed E-state index contributed by atoms with van der Waals surface area (Å²) in [7, 11) is 0. The minimum Gasteiger partial charge on any atom is -0.454 e. The Morgan fingerprint density at radius 1 is 1.00 bits per heavy atom. The molecule has 0 saturated carbocycles. The number of ether oxygens (including phenoxy) is 2. The first kappa shape index (κ1) is 16.8. The topological polar surface area (TPSA) is 76.7 Å². The molecular formula is C19H20N2O4. The van der Waals surface area contributed by atoms with Crippen LogP contribution in [0.25, 0.3) is 0 Å². The summed E-state index contributed by atoms with van der Waals surface area (Å²) in [5.41, 5.74) is 1.47. The van der Waals surface area contributed by atoms with Crippen molar-refractivity contribution in [1.82, 2.24) is 5.32 Å². The number of benzene rings is 2. The normalized spacial score (nSPS) is 12.1. The van der Waals surface area contributed by atoms with Crippen molar-refractivity contribution < 1.29 is 19.1 Å². The summed E-state index contributed by atoms with van der Waals surface area (Å²) < 4.78 is 10.5. The molecule has 1 aliphatic rings. The Morgan fingerprint density at radius 2 is 1.72 bits per heavy atom. The molecule has 6 nitrogen and oxygen atoms in total. The van der Waals surface area contributed by atoms with Crippen LogP contribution < -0.4 is 20.1 Å². The third-order valence-corrected chi connectivity index (χ3v) is 3.69. The van der Waals surface area contributed by atoms with Crippen LogP contribution in [0.3, 0.4) is 0 Å². The van der Waals surface area contributed by atoms with Crippen LogP contribution >= 0.6 is 0 Å². The Hall–Kier alpha value is -3.02. The minimum absolute atomic E-state index is 0.181. The van der Waals surface area contributed by atoms with Crippen LogP contribution in [0.1, 0.15) is 34.6 Å². The van der Waals surface area contributed by atoms with Gasteiger partial charge in [0.1, 0.15) is 0 Å². The maximum Gasteiger partial charge on any atom is 0.255 e. The monoisotopic (exact) mass is 340 g/mol. The second-order valence-corrected chi connectivity index (χ2v) is 6.21. The van der Waals surface area contributed by atoms with E-state index in [0.717, 1.165) is 0 Å². The highest BCUT2D eigenvalue weighted by molar-refractivity contribution is 6.06. The Labute approximate surface area is 146 Å². The van der Waals surface area contributed by atoms with Gasteiger partial charge in [-0.2, -0.15) is 0 Å². The first-order valence-electron chi connectivity index (χ1n) is 8.12. The summed E-state index contributed by atoms with van der Waals surface area (Å²) >= 11 is 0. The van der Waals surface area contributed by atoms with Crippen molar-refractivity contribution in [3.63, 3.8) is 0 Å². The third-order valence-electron chi connectivity index (χ3n) is 3.69. The number of amides is 2. The third kappa shape index (κ3) is 4.09. The van der Waals surface area contributed by atoms with Gasteiger partial charge in [0.25, 0.3) is 11.8 Å². The number of rotatable bonds is 5. The molecule has 1 aliphatic heterocycles. The molecule has 0 radical (unpaired) electrons.